The molecule has 1 fully saturated rings. The molecule has 0 spiro atoms. The highest BCUT2D eigenvalue weighted by atomic mass is 32.1. The second-order valence-corrected chi connectivity index (χ2v) is 8.58. The van der Waals surface area contributed by atoms with Crippen molar-refractivity contribution in [1.82, 2.24) is 10.2 Å². The molecular formula is C22H25N3O5S. The first-order valence-electron chi connectivity index (χ1n) is 9.93. The summed E-state index contributed by atoms with van der Waals surface area (Å²) in [6.45, 7) is 3.17. The number of carbonyl (C=O) groups excluding carboxylic acids is 4. The van der Waals surface area contributed by atoms with Crippen molar-refractivity contribution in [2.24, 2.45) is 5.92 Å². The highest BCUT2D eigenvalue weighted by Crippen LogP contribution is 2.39. The largest absolute Gasteiger partial charge is 0.455 e. The first kappa shape index (κ1) is 22.5. The zero-order chi connectivity index (χ0) is 22.5. The minimum atomic E-state index is -0.673. The first-order valence-corrected chi connectivity index (χ1v) is 10.8. The SMILES string of the molecule is CC(C)NC(=O)c1ccccc1NC(=O)COC(=O)C1CC(=O)N(C)C1c1cccs1. The molecule has 164 valence electrons. The van der Waals surface area contributed by atoms with Crippen LogP contribution in [0.25, 0.3) is 0 Å². The number of nitrogens with zero attached hydrogens (tertiary/aromatic N) is 1. The normalized spacial score (nSPS) is 18.2. The molecule has 0 saturated carbocycles. The van der Waals surface area contributed by atoms with Gasteiger partial charge < -0.3 is 20.3 Å². The van der Waals surface area contributed by atoms with Gasteiger partial charge in [0.15, 0.2) is 6.61 Å². The average molecular weight is 444 g/mol. The Bertz CT molecular complexity index is 973. The Morgan fingerprint density at radius 3 is 2.61 bits per heavy atom. The molecule has 1 saturated heterocycles. The fourth-order valence-corrected chi connectivity index (χ4v) is 4.42. The second kappa shape index (κ2) is 9.74. The van der Waals surface area contributed by atoms with Crippen LogP contribution in [0.5, 0.6) is 0 Å². The lowest BCUT2D eigenvalue weighted by atomic mass is 9.99. The molecule has 2 heterocycles. The lowest BCUT2D eigenvalue weighted by molar-refractivity contribution is -0.152. The molecule has 1 aliphatic heterocycles. The Morgan fingerprint density at radius 1 is 1.19 bits per heavy atom. The zero-order valence-corrected chi connectivity index (χ0v) is 18.4. The Balaban J connectivity index is 1.62. The number of amides is 3. The van der Waals surface area contributed by atoms with Gasteiger partial charge in [-0.05, 0) is 37.4 Å². The number of rotatable bonds is 7. The summed E-state index contributed by atoms with van der Waals surface area (Å²) >= 11 is 1.46. The summed E-state index contributed by atoms with van der Waals surface area (Å²) in [6, 6.07) is 9.87. The van der Waals surface area contributed by atoms with Crippen LogP contribution in [-0.2, 0) is 19.1 Å². The van der Waals surface area contributed by atoms with E-state index in [-0.39, 0.29) is 24.3 Å². The minimum absolute atomic E-state index is 0.0394. The van der Waals surface area contributed by atoms with Gasteiger partial charge in [-0.3, -0.25) is 19.2 Å². The van der Waals surface area contributed by atoms with Gasteiger partial charge in [-0.15, -0.1) is 11.3 Å². The summed E-state index contributed by atoms with van der Waals surface area (Å²) in [5.41, 5.74) is 0.644. The van der Waals surface area contributed by atoms with Crippen molar-refractivity contribution in [3.05, 3.63) is 52.2 Å². The van der Waals surface area contributed by atoms with E-state index in [1.165, 1.54) is 11.3 Å². The van der Waals surface area contributed by atoms with Crippen LogP contribution in [0.2, 0.25) is 0 Å². The molecule has 3 amide bonds. The summed E-state index contributed by atoms with van der Waals surface area (Å²) in [4.78, 5) is 51.9. The van der Waals surface area contributed by atoms with E-state index in [0.717, 1.165) is 4.88 Å². The Hall–Kier alpha value is -3.20. The Kier molecular flexibility index (Phi) is 7.06. The van der Waals surface area contributed by atoms with Crippen LogP contribution in [0.15, 0.2) is 41.8 Å². The third-order valence-corrected chi connectivity index (χ3v) is 5.88. The van der Waals surface area contributed by atoms with E-state index in [9.17, 15) is 19.2 Å². The predicted molar refractivity (Wildman–Crippen MR) is 117 cm³/mol. The topological polar surface area (TPSA) is 105 Å². The number of esters is 1. The number of ether oxygens (including phenoxy) is 1. The van der Waals surface area contributed by atoms with Gasteiger partial charge in [0, 0.05) is 24.4 Å². The number of benzene rings is 1. The van der Waals surface area contributed by atoms with Crippen molar-refractivity contribution in [2.75, 3.05) is 19.0 Å². The number of hydrogen-bond acceptors (Lipinski definition) is 6. The monoisotopic (exact) mass is 443 g/mol. The van der Waals surface area contributed by atoms with Crippen molar-refractivity contribution in [3.8, 4) is 0 Å². The molecule has 1 aliphatic rings. The van der Waals surface area contributed by atoms with Crippen LogP contribution in [0.1, 0.15) is 41.5 Å². The van der Waals surface area contributed by atoms with Gasteiger partial charge in [-0.2, -0.15) is 0 Å². The van der Waals surface area contributed by atoms with Gasteiger partial charge >= 0.3 is 5.97 Å². The summed E-state index contributed by atoms with van der Waals surface area (Å²) < 4.78 is 5.22. The smallest absolute Gasteiger partial charge is 0.312 e. The maximum Gasteiger partial charge on any atom is 0.312 e. The number of thiophene rings is 1. The zero-order valence-electron chi connectivity index (χ0n) is 17.6. The Labute approximate surface area is 184 Å². The van der Waals surface area contributed by atoms with Crippen LogP contribution >= 0.6 is 11.3 Å². The van der Waals surface area contributed by atoms with Crippen molar-refractivity contribution in [3.63, 3.8) is 0 Å². The molecule has 2 aromatic rings. The molecule has 1 aromatic carbocycles. The van der Waals surface area contributed by atoms with Crippen LogP contribution in [0.3, 0.4) is 0 Å². The van der Waals surface area contributed by atoms with Crippen LogP contribution < -0.4 is 10.6 Å². The molecule has 1 aromatic heterocycles. The fourth-order valence-electron chi connectivity index (χ4n) is 3.49. The first-order chi connectivity index (χ1) is 14.8. The van der Waals surface area contributed by atoms with Crippen LogP contribution in [0.4, 0.5) is 5.69 Å². The standard InChI is InChI=1S/C22H25N3O5S/c1-13(2)23-21(28)14-7-4-5-8-16(14)24-18(26)12-30-22(29)15-11-19(27)25(3)20(15)17-9-6-10-31-17/h4-10,13,15,20H,11-12H2,1-3H3,(H,23,28)(H,24,26). The Morgan fingerprint density at radius 2 is 1.94 bits per heavy atom. The quantitative estimate of drug-likeness (QED) is 0.640. The lowest BCUT2D eigenvalue weighted by Gasteiger charge is -2.22. The molecule has 0 bridgehead atoms. The summed E-state index contributed by atoms with van der Waals surface area (Å²) in [6.07, 6.45) is 0.0394. The molecular weight excluding hydrogens is 418 g/mol. The molecule has 8 nitrogen and oxygen atoms in total. The average Bonchev–Trinajstić information content (AvgIpc) is 3.34. The molecule has 0 radical (unpaired) electrons. The van der Waals surface area contributed by atoms with E-state index in [1.54, 1.807) is 36.2 Å². The van der Waals surface area contributed by atoms with Crippen molar-refractivity contribution in [1.29, 1.82) is 0 Å². The molecule has 2 N–H and O–H groups in total. The number of para-hydroxylation sites is 1. The third kappa shape index (κ3) is 5.29. The summed E-state index contributed by atoms with van der Waals surface area (Å²) in [5, 5.41) is 7.27. The molecule has 9 heteroatoms. The van der Waals surface area contributed by atoms with Gasteiger partial charge in [0.25, 0.3) is 11.8 Å². The predicted octanol–water partition coefficient (Wildman–Crippen LogP) is 2.59. The van der Waals surface area contributed by atoms with Crippen LogP contribution in [0, 0.1) is 5.92 Å². The number of hydrogen-bond donors (Lipinski definition) is 2. The van der Waals surface area contributed by atoms with Crippen molar-refractivity contribution >= 4 is 40.7 Å². The van der Waals surface area contributed by atoms with E-state index in [2.05, 4.69) is 10.6 Å². The highest BCUT2D eigenvalue weighted by molar-refractivity contribution is 7.10. The molecule has 2 atom stereocenters. The maximum absolute atomic E-state index is 12.7. The summed E-state index contributed by atoms with van der Waals surface area (Å²) in [5.74, 6) is -2.29. The molecule has 2 unspecified atom stereocenters. The van der Waals surface area contributed by atoms with E-state index in [0.29, 0.717) is 11.3 Å². The van der Waals surface area contributed by atoms with E-state index in [1.807, 2.05) is 31.4 Å². The number of carbonyl (C=O) groups is 4. The van der Waals surface area contributed by atoms with Crippen molar-refractivity contribution in [2.45, 2.75) is 32.4 Å². The van der Waals surface area contributed by atoms with Gasteiger partial charge in [0.05, 0.1) is 23.2 Å². The van der Waals surface area contributed by atoms with E-state index < -0.39 is 30.4 Å². The third-order valence-electron chi connectivity index (χ3n) is 4.93. The van der Waals surface area contributed by atoms with Gasteiger partial charge in [0.2, 0.25) is 5.91 Å². The van der Waals surface area contributed by atoms with Gasteiger partial charge in [0.1, 0.15) is 0 Å². The van der Waals surface area contributed by atoms with Crippen LogP contribution in [-0.4, -0.2) is 48.3 Å². The van der Waals surface area contributed by atoms with E-state index >= 15 is 0 Å². The van der Waals surface area contributed by atoms with E-state index in [4.69, 9.17) is 4.74 Å². The second-order valence-electron chi connectivity index (χ2n) is 7.61. The van der Waals surface area contributed by atoms with Gasteiger partial charge in [-0.25, -0.2) is 0 Å². The summed E-state index contributed by atoms with van der Waals surface area (Å²) in [7, 11) is 1.66. The fraction of sp³-hybridized carbons (Fsp3) is 0.364. The molecule has 31 heavy (non-hydrogen) atoms. The maximum atomic E-state index is 12.7. The lowest BCUT2D eigenvalue weighted by Crippen LogP contribution is -2.32. The minimum Gasteiger partial charge on any atom is -0.455 e. The number of anilines is 1. The number of likely N-dealkylation sites (tertiary alicyclic amines) is 1. The molecule has 3 rings (SSSR count). The van der Waals surface area contributed by atoms with Crippen molar-refractivity contribution < 1.29 is 23.9 Å². The highest BCUT2D eigenvalue weighted by Gasteiger charge is 2.44. The number of nitrogens with one attached hydrogen (secondary N) is 2. The molecule has 0 aliphatic carbocycles. The van der Waals surface area contributed by atoms with Gasteiger partial charge in [-0.1, -0.05) is 18.2 Å².